The Balaban J connectivity index is 1.16. The molecule has 2 unspecified atom stereocenters. The van der Waals surface area contributed by atoms with Crippen LogP contribution in [0.5, 0.6) is 0 Å². The third-order valence-electron chi connectivity index (χ3n) is 8.51. The van der Waals surface area contributed by atoms with Crippen LogP contribution in [0.3, 0.4) is 0 Å². The van der Waals surface area contributed by atoms with Crippen molar-refractivity contribution < 1.29 is 14.3 Å². The number of piperazine rings is 2. The third kappa shape index (κ3) is 5.22. The van der Waals surface area contributed by atoms with E-state index in [2.05, 4.69) is 49.9 Å². The minimum absolute atomic E-state index is 0.0644. The zero-order chi connectivity index (χ0) is 26.1. The van der Waals surface area contributed by atoms with Crippen LogP contribution in [0.25, 0.3) is 0 Å². The molecule has 8 nitrogen and oxygen atoms in total. The van der Waals surface area contributed by atoms with E-state index in [0.717, 1.165) is 49.9 Å². The molecule has 38 heavy (non-hydrogen) atoms. The first-order valence-electron chi connectivity index (χ1n) is 13.8. The largest absolute Gasteiger partial charge is 0.378 e. The average molecular weight is 538 g/mol. The van der Waals surface area contributed by atoms with E-state index in [1.54, 1.807) is 0 Å². The predicted molar refractivity (Wildman–Crippen MR) is 149 cm³/mol. The van der Waals surface area contributed by atoms with Gasteiger partial charge in [-0.3, -0.25) is 14.5 Å². The molecule has 4 aliphatic heterocycles. The molecule has 2 atom stereocenters. The quantitative estimate of drug-likeness (QED) is 0.596. The molecule has 9 heteroatoms. The number of hydrogen-bond acceptors (Lipinski definition) is 6. The minimum Gasteiger partial charge on any atom is -0.378 e. The Morgan fingerprint density at radius 1 is 0.868 bits per heavy atom. The first-order chi connectivity index (χ1) is 18.6. The molecule has 202 valence electrons. The smallest absolute Gasteiger partial charge is 0.236 e. The van der Waals surface area contributed by atoms with Crippen LogP contribution in [0.2, 0.25) is 5.02 Å². The van der Waals surface area contributed by atoms with Gasteiger partial charge in [-0.2, -0.15) is 0 Å². The van der Waals surface area contributed by atoms with Crippen LogP contribution in [0.4, 0.5) is 11.4 Å². The number of carbonyl (C=O) groups is 2. The Kier molecular flexibility index (Phi) is 7.45. The van der Waals surface area contributed by atoms with Crippen molar-refractivity contribution >= 4 is 34.8 Å². The van der Waals surface area contributed by atoms with Gasteiger partial charge in [0.25, 0.3) is 0 Å². The average Bonchev–Trinajstić information content (AvgIpc) is 2.97. The van der Waals surface area contributed by atoms with E-state index in [4.69, 9.17) is 16.3 Å². The summed E-state index contributed by atoms with van der Waals surface area (Å²) in [5, 5.41) is 0.732. The monoisotopic (exact) mass is 537 g/mol. The van der Waals surface area contributed by atoms with Gasteiger partial charge in [0.2, 0.25) is 11.8 Å². The van der Waals surface area contributed by atoms with Gasteiger partial charge in [0.15, 0.2) is 0 Å². The number of benzene rings is 2. The van der Waals surface area contributed by atoms with Crippen LogP contribution < -0.4 is 9.80 Å². The molecule has 0 spiro atoms. The summed E-state index contributed by atoms with van der Waals surface area (Å²) < 4.78 is 5.41. The fraction of sp³-hybridized carbons (Fsp3) is 0.517. The summed E-state index contributed by atoms with van der Waals surface area (Å²) in [6, 6.07) is 16.5. The third-order valence-corrected chi connectivity index (χ3v) is 8.75. The maximum Gasteiger partial charge on any atom is 0.236 e. The van der Waals surface area contributed by atoms with Gasteiger partial charge in [-0.15, -0.1) is 0 Å². The number of para-hydroxylation sites is 1. The van der Waals surface area contributed by atoms with Crippen LogP contribution in [0.15, 0.2) is 48.5 Å². The van der Waals surface area contributed by atoms with Crippen molar-refractivity contribution in [3.63, 3.8) is 0 Å². The van der Waals surface area contributed by atoms with Crippen molar-refractivity contribution in [2.24, 2.45) is 5.92 Å². The number of fused-ring (bicyclic) bond motifs is 3. The van der Waals surface area contributed by atoms with Crippen molar-refractivity contribution in [3.05, 3.63) is 59.1 Å². The lowest BCUT2D eigenvalue weighted by Crippen LogP contribution is -2.63. The van der Waals surface area contributed by atoms with Crippen LogP contribution in [0.1, 0.15) is 5.56 Å². The number of halogens is 1. The second-order valence-electron chi connectivity index (χ2n) is 10.7. The van der Waals surface area contributed by atoms with E-state index in [-0.39, 0.29) is 23.8 Å². The Hall–Kier alpha value is -2.81. The topological polar surface area (TPSA) is 59.6 Å². The summed E-state index contributed by atoms with van der Waals surface area (Å²) in [5.74, 6) is 0.281. The second-order valence-corrected chi connectivity index (χ2v) is 11.2. The van der Waals surface area contributed by atoms with Crippen LogP contribution in [-0.4, -0.2) is 111 Å². The molecule has 0 bridgehead atoms. The summed E-state index contributed by atoms with van der Waals surface area (Å²) >= 11 is 6.21. The SMILES string of the molecule is O=C(CN1CCN2c3ccccc3CC(C(=O)N3CCN(c4cccc(Cl)c4)CC3)C2C1)N1CCOCC1. The highest BCUT2D eigenvalue weighted by molar-refractivity contribution is 6.30. The van der Waals surface area contributed by atoms with Gasteiger partial charge >= 0.3 is 0 Å². The summed E-state index contributed by atoms with van der Waals surface area (Å²) in [5.41, 5.74) is 3.60. The van der Waals surface area contributed by atoms with Crippen LogP contribution in [-0.2, 0) is 20.7 Å². The minimum atomic E-state index is -0.121. The van der Waals surface area contributed by atoms with Gasteiger partial charge in [0.05, 0.1) is 31.7 Å². The lowest BCUT2D eigenvalue weighted by atomic mass is 9.83. The predicted octanol–water partition coefficient (Wildman–Crippen LogP) is 2.21. The lowest BCUT2D eigenvalue weighted by molar-refractivity contribution is -0.137. The number of ether oxygens (including phenoxy) is 1. The lowest BCUT2D eigenvalue weighted by Gasteiger charge is -2.50. The zero-order valence-electron chi connectivity index (χ0n) is 21.8. The van der Waals surface area contributed by atoms with Crippen molar-refractivity contribution in [2.45, 2.75) is 12.5 Å². The summed E-state index contributed by atoms with van der Waals surface area (Å²) in [4.78, 5) is 38.0. The highest BCUT2D eigenvalue weighted by Crippen LogP contribution is 2.37. The Bertz CT molecular complexity index is 1160. The van der Waals surface area contributed by atoms with Gasteiger partial charge in [-0.1, -0.05) is 35.9 Å². The van der Waals surface area contributed by atoms with Crippen molar-refractivity contribution in [1.29, 1.82) is 0 Å². The van der Waals surface area contributed by atoms with Gasteiger partial charge in [0.1, 0.15) is 0 Å². The number of morpholine rings is 1. The Labute approximate surface area is 229 Å². The van der Waals surface area contributed by atoms with E-state index in [1.165, 1.54) is 11.3 Å². The molecular formula is C29H36ClN5O3. The number of amides is 2. The van der Waals surface area contributed by atoms with Crippen LogP contribution >= 0.6 is 11.6 Å². The van der Waals surface area contributed by atoms with Gasteiger partial charge in [-0.25, -0.2) is 0 Å². The van der Waals surface area contributed by atoms with Gasteiger partial charge < -0.3 is 24.3 Å². The maximum atomic E-state index is 14.0. The van der Waals surface area contributed by atoms with E-state index in [0.29, 0.717) is 45.9 Å². The molecule has 4 heterocycles. The normalized spacial score (nSPS) is 24.1. The van der Waals surface area contributed by atoms with E-state index in [1.807, 2.05) is 23.1 Å². The Morgan fingerprint density at radius 2 is 1.66 bits per heavy atom. The second kappa shape index (κ2) is 11.1. The Morgan fingerprint density at radius 3 is 2.45 bits per heavy atom. The molecular weight excluding hydrogens is 502 g/mol. The summed E-state index contributed by atoms with van der Waals surface area (Å²) in [7, 11) is 0. The van der Waals surface area contributed by atoms with Crippen molar-refractivity contribution in [3.8, 4) is 0 Å². The highest BCUT2D eigenvalue weighted by Gasteiger charge is 2.43. The van der Waals surface area contributed by atoms with E-state index < -0.39 is 0 Å². The fourth-order valence-electron chi connectivity index (χ4n) is 6.44. The fourth-order valence-corrected chi connectivity index (χ4v) is 6.63. The maximum absolute atomic E-state index is 14.0. The van der Waals surface area contributed by atoms with Crippen molar-refractivity contribution in [1.82, 2.24) is 14.7 Å². The number of hydrogen-bond donors (Lipinski definition) is 0. The number of carbonyl (C=O) groups excluding carboxylic acids is 2. The highest BCUT2D eigenvalue weighted by atomic mass is 35.5. The molecule has 3 saturated heterocycles. The number of nitrogens with zero attached hydrogens (tertiary/aromatic N) is 5. The molecule has 0 saturated carbocycles. The summed E-state index contributed by atoms with van der Waals surface area (Å²) in [6.45, 7) is 8.33. The van der Waals surface area contributed by atoms with Crippen LogP contribution in [0, 0.1) is 5.92 Å². The van der Waals surface area contributed by atoms with Crippen molar-refractivity contribution in [2.75, 3.05) is 88.5 Å². The molecule has 3 fully saturated rings. The first kappa shape index (κ1) is 25.5. The number of anilines is 2. The standard InChI is InChI=1S/C29H36ClN5O3/c30-23-5-3-6-24(19-23)32-9-11-34(12-10-32)29(37)25-18-22-4-1-2-7-26(22)35-13-8-31(20-27(25)35)21-28(36)33-14-16-38-17-15-33/h1-7,19,25,27H,8-18,20-21H2. The molecule has 0 aliphatic carbocycles. The molecule has 2 aromatic carbocycles. The first-order valence-corrected chi connectivity index (χ1v) is 14.2. The molecule has 2 amide bonds. The molecule has 0 N–H and O–H groups in total. The molecule has 6 rings (SSSR count). The van der Waals surface area contributed by atoms with E-state index >= 15 is 0 Å². The van der Waals surface area contributed by atoms with Gasteiger partial charge in [-0.05, 0) is 36.2 Å². The number of rotatable bonds is 4. The molecule has 4 aliphatic rings. The summed E-state index contributed by atoms with van der Waals surface area (Å²) in [6.07, 6.45) is 0.746. The van der Waals surface area contributed by atoms with E-state index in [9.17, 15) is 9.59 Å². The molecule has 0 aromatic heterocycles. The van der Waals surface area contributed by atoms with Gasteiger partial charge in [0, 0.05) is 75.3 Å². The molecule has 2 aromatic rings. The molecule has 0 radical (unpaired) electrons. The zero-order valence-corrected chi connectivity index (χ0v) is 22.6.